The Bertz CT molecular complexity index is 2570. The Morgan fingerprint density at radius 2 is 1.06 bits per heavy atom. The van der Waals surface area contributed by atoms with E-state index in [0.29, 0.717) is 24.0 Å². The van der Waals surface area contributed by atoms with Crippen molar-refractivity contribution < 1.29 is 0 Å². The topological polar surface area (TPSA) is 166 Å². The van der Waals surface area contributed by atoms with E-state index in [2.05, 4.69) is 127 Å². The number of hydrogen-bond donors (Lipinski definition) is 2. The third-order valence-corrected chi connectivity index (χ3v) is 14.6. The summed E-state index contributed by atoms with van der Waals surface area (Å²) in [6, 6.07) is 14.1. The second-order valence-electron chi connectivity index (χ2n) is 18.6. The van der Waals surface area contributed by atoms with E-state index in [1.807, 2.05) is 23.2 Å². The quantitative estimate of drug-likeness (QED) is 0.137. The Morgan fingerprint density at radius 3 is 1.56 bits per heavy atom. The van der Waals surface area contributed by atoms with Gasteiger partial charge in [-0.25, -0.2) is 15.0 Å². The smallest absolute Gasteiger partial charge is 0.229 e. The third-order valence-electron chi connectivity index (χ3n) is 14.6. The van der Waals surface area contributed by atoms with E-state index >= 15 is 0 Å². The van der Waals surface area contributed by atoms with Crippen LogP contribution in [0.1, 0.15) is 115 Å². The van der Waals surface area contributed by atoms with Crippen molar-refractivity contribution in [2.75, 3.05) is 76.5 Å². The predicted octanol–water partition coefficient (Wildman–Crippen LogP) is 7.78. The average Bonchev–Trinajstić information content (AvgIpc) is 4.22. The second-order valence-corrected chi connectivity index (χ2v) is 18.6. The molecule has 18 nitrogen and oxygen atoms in total. The summed E-state index contributed by atoms with van der Waals surface area (Å²) in [5.41, 5.74) is 5.10. The first-order chi connectivity index (χ1) is 32.5. The molecule has 2 saturated heterocycles. The first-order valence-corrected chi connectivity index (χ1v) is 24.4. The van der Waals surface area contributed by atoms with Crippen LogP contribution in [-0.2, 0) is 0 Å². The van der Waals surface area contributed by atoms with Crippen molar-refractivity contribution in [2.45, 2.75) is 115 Å². The molecule has 0 amide bonds. The molecular formula is C48H62N18. The summed E-state index contributed by atoms with van der Waals surface area (Å²) in [7, 11) is 2.16. The molecule has 2 atom stereocenters. The molecule has 2 saturated carbocycles. The third kappa shape index (κ3) is 8.13. The molecule has 344 valence electrons. The van der Waals surface area contributed by atoms with Crippen LogP contribution in [-0.4, -0.2) is 118 Å². The van der Waals surface area contributed by atoms with Crippen LogP contribution in [0.15, 0.2) is 67.6 Å². The van der Waals surface area contributed by atoms with E-state index in [-0.39, 0.29) is 12.1 Å². The normalized spacial score (nSPS) is 20.7. The van der Waals surface area contributed by atoms with Crippen LogP contribution in [0.5, 0.6) is 0 Å². The van der Waals surface area contributed by atoms with Gasteiger partial charge in [0, 0.05) is 62.7 Å². The van der Waals surface area contributed by atoms with E-state index in [0.717, 1.165) is 104 Å². The molecule has 1 aromatic carbocycles. The number of likely N-dealkylation sites (N-methyl/N-ethyl adjacent to an activating group) is 1. The molecule has 12 rings (SSSR count). The lowest BCUT2D eigenvalue weighted by Gasteiger charge is -2.40. The molecule has 4 fully saturated rings. The SMILES string of the molecule is CC[C@@H]1c2nncn2-c2cnc(Nc3ccc(N4CCCC4)cc3)nc2N1C1CCCC1.CC[C@@H]1c2nncn2-c2cnc(Nc3ccc(N4CCN(C)CC4)nc3)nc2N1C1CCCC1. The zero-order chi connectivity index (χ0) is 44.6. The van der Waals surface area contributed by atoms with Gasteiger partial charge in [-0.05, 0) is 94.8 Å². The molecular weight excluding hydrogens is 829 g/mol. The lowest BCUT2D eigenvalue weighted by Crippen LogP contribution is -2.44. The molecule has 6 aromatic rings. The fourth-order valence-electron chi connectivity index (χ4n) is 11.1. The fourth-order valence-corrected chi connectivity index (χ4v) is 11.1. The van der Waals surface area contributed by atoms with Gasteiger partial charge >= 0.3 is 0 Å². The zero-order valence-electron chi connectivity index (χ0n) is 38.5. The highest BCUT2D eigenvalue weighted by atomic mass is 15.4. The van der Waals surface area contributed by atoms with Crippen LogP contribution >= 0.6 is 0 Å². The highest BCUT2D eigenvalue weighted by Crippen LogP contribution is 2.44. The van der Waals surface area contributed by atoms with Gasteiger partial charge < -0.3 is 35.1 Å². The van der Waals surface area contributed by atoms with Crippen LogP contribution < -0.4 is 30.2 Å². The molecule has 0 spiro atoms. The fraction of sp³-hybridized carbons (Fsp3) is 0.521. The van der Waals surface area contributed by atoms with E-state index in [1.165, 1.54) is 69.9 Å². The van der Waals surface area contributed by atoms with Crippen molar-refractivity contribution in [3.63, 3.8) is 0 Å². The van der Waals surface area contributed by atoms with E-state index in [9.17, 15) is 0 Å². The molecule has 2 aliphatic carbocycles. The van der Waals surface area contributed by atoms with Crippen molar-refractivity contribution in [3.05, 3.63) is 79.3 Å². The second kappa shape index (κ2) is 18.5. The molecule has 0 bridgehead atoms. The van der Waals surface area contributed by atoms with Gasteiger partial charge in [0.2, 0.25) is 11.9 Å². The van der Waals surface area contributed by atoms with Gasteiger partial charge in [0.15, 0.2) is 23.3 Å². The maximum atomic E-state index is 5.03. The number of pyridine rings is 1. The number of rotatable bonds is 10. The maximum absolute atomic E-state index is 5.03. The summed E-state index contributed by atoms with van der Waals surface area (Å²) in [4.78, 5) is 36.1. The van der Waals surface area contributed by atoms with Gasteiger partial charge in [0.1, 0.15) is 29.8 Å². The molecule has 2 N–H and O–H groups in total. The molecule has 0 radical (unpaired) electrons. The summed E-state index contributed by atoms with van der Waals surface area (Å²) in [6.07, 6.45) is 23.6. The highest BCUT2D eigenvalue weighted by molar-refractivity contribution is 5.67. The number of nitrogens with one attached hydrogen (secondary N) is 2. The molecule has 0 unspecified atom stereocenters. The number of anilines is 8. The van der Waals surface area contributed by atoms with E-state index < -0.39 is 0 Å². The summed E-state index contributed by atoms with van der Waals surface area (Å²) in [6.45, 7) is 10.9. The number of nitrogens with zero attached hydrogens (tertiary/aromatic N) is 16. The largest absolute Gasteiger partial charge is 0.372 e. The summed E-state index contributed by atoms with van der Waals surface area (Å²) in [5, 5.41) is 24.1. The van der Waals surface area contributed by atoms with Crippen molar-refractivity contribution in [2.24, 2.45) is 0 Å². The molecule has 9 heterocycles. The van der Waals surface area contributed by atoms with Crippen molar-refractivity contribution in [3.8, 4) is 11.4 Å². The van der Waals surface area contributed by atoms with E-state index in [1.54, 1.807) is 12.7 Å². The number of fused-ring (bicyclic) bond motifs is 6. The van der Waals surface area contributed by atoms with Crippen LogP contribution in [0.3, 0.4) is 0 Å². The average molecular weight is 891 g/mol. The standard InChI is InChI=1S/C24H32N10.C24H30N8/c1-3-19-23-30-27-16-33(23)20-15-26-24(29-22(20)34(19)18-6-4-5-7-18)28-17-8-9-21(25-14-17)32-12-10-31(2)11-13-32;1-2-20-23-29-26-16-31(23)21-15-25-24(28-22(21)32(20)19-7-3-4-8-19)27-17-9-11-18(12-10-17)30-13-5-6-14-30/h8-9,14-16,18-19H,3-7,10-13H2,1-2H3,(H,26,28,29);9-12,15-16,19-20H,2-8,13-14H2,1H3,(H,25,27,28)/t19-;20-/m11/s1. The van der Waals surface area contributed by atoms with Gasteiger partial charge in [-0.2, -0.15) is 9.97 Å². The van der Waals surface area contributed by atoms with Gasteiger partial charge in [-0.3, -0.25) is 9.13 Å². The Morgan fingerprint density at radius 1 is 0.545 bits per heavy atom. The maximum Gasteiger partial charge on any atom is 0.229 e. The Kier molecular flexibility index (Phi) is 11.8. The first-order valence-electron chi connectivity index (χ1n) is 24.4. The number of hydrogen-bond acceptors (Lipinski definition) is 16. The minimum absolute atomic E-state index is 0.172. The minimum Gasteiger partial charge on any atom is -0.372 e. The first kappa shape index (κ1) is 42.2. The van der Waals surface area contributed by atoms with Crippen LogP contribution in [0.25, 0.3) is 11.4 Å². The molecule has 6 aliphatic rings. The zero-order valence-corrected chi connectivity index (χ0v) is 38.5. The highest BCUT2D eigenvalue weighted by Gasteiger charge is 2.40. The van der Waals surface area contributed by atoms with Crippen molar-refractivity contribution in [1.29, 1.82) is 0 Å². The van der Waals surface area contributed by atoms with Crippen molar-refractivity contribution in [1.82, 2.24) is 59.3 Å². The molecule has 66 heavy (non-hydrogen) atoms. The summed E-state index contributed by atoms with van der Waals surface area (Å²) < 4.78 is 4.11. The van der Waals surface area contributed by atoms with Crippen molar-refractivity contribution >= 4 is 46.4 Å². The van der Waals surface area contributed by atoms with Gasteiger partial charge in [-0.15, -0.1) is 20.4 Å². The summed E-state index contributed by atoms with van der Waals surface area (Å²) >= 11 is 0. The predicted molar refractivity (Wildman–Crippen MR) is 258 cm³/mol. The van der Waals surface area contributed by atoms with Gasteiger partial charge in [0.25, 0.3) is 0 Å². The number of piperazine rings is 1. The number of benzene rings is 1. The van der Waals surface area contributed by atoms with Gasteiger partial charge in [0.05, 0.1) is 36.4 Å². The number of aromatic nitrogens is 11. The Hall–Kier alpha value is -6.43. The van der Waals surface area contributed by atoms with Crippen LogP contribution in [0.2, 0.25) is 0 Å². The molecule has 18 heteroatoms. The Balaban J connectivity index is 0.000000146. The molecule has 4 aliphatic heterocycles. The van der Waals surface area contributed by atoms with Crippen LogP contribution in [0.4, 0.5) is 46.4 Å². The lowest BCUT2D eigenvalue weighted by molar-refractivity contribution is 0.312. The van der Waals surface area contributed by atoms with Crippen LogP contribution in [0, 0.1) is 0 Å². The molecule has 5 aromatic heterocycles. The van der Waals surface area contributed by atoms with E-state index in [4.69, 9.17) is 15.0 Å². The minimum atomic E-state index is 0.172. The summed E-state index contributed by atoms with van der Waals surface area (Å²) in [5.74, 6) is 6.16. The Labute approximate surface area is 386 Å². The lowest BCUT2D eigenvalue weighted by atomic mass is 10.0. The monoisotopic (exact) mass is 891 g/mol. The van der Waals surface area contributed by atoms with Gasteiger partial charge in [-0.1, -0.05) is 39.5 Å².